The van der Waals surface area contributed by atoms with E-state index >= 15 is 0 Å². The fraction of sp³-hybridized carbons (Fsp3) is 0.263. The van der Waals surface area contributed by atoms with Crippen LogP contribution in [-0.4, -0.2) is 30.6 Å². The van der Waals surface area contributed by atoms with Gasteiger partial charge in [0, 0.05) is 18.0 Å². The van der Waals surface area contributed by atoms with E-state index in [1.165, 1.54) is 12.1 Å². The number of hydrogen-bond donors (Lipinski definition) is 1. The normalized spacial score (nSPS) is 17.2. The largest absolute Gasteiger partial charge is 0.350 e. The zero-order valence-electron chi connectivity index (χ0n) is 14.7. The highest BCUT2D eigenvalue weighted by Gasteiger charge is 2.44. The molecule has 1 aliphatic rings. The molecule has 142 valence electrons. The van der Waals surface area contributed by atoms with Gasteiger partial charge in [-0.05, 0) is 37.1 Å². The van der Waals surface area contributed by atoms with Crippen molar-refractivity contribution in [1.29, 1.82) is 0 Å². The van der Waals surface area contributed by atoms with Crippen LogP contribution in [0.25, 0.3) is 0 Å². The van der Waals surface area contributed by atoms with Crippen LogP contribution in [0.1, 0.15) is 24.0 Å². The highest BCUT2D eigenvalue weighted by molar-refractivity contribution is 7.89. The van der Waals surface area contributed by atoms with Crippen LogP contribution in [-0.2, 0) is 26.2 Å². The Kier molecular flexibility index (Phi) is 5.53. The highest BCUT2D eigenvalue weighted by atomic mass is 35.5. The second-order valence-corrected chi connectivity index (χ2v) is 8.59. The number of nitrogens with one attached hydrogen (secondary N) is 1. The minimum Gasteiger partial charge on any atom is -0.350 e. The summed E-state index contributed by atoms with van der Waals surface area (Å²) in [5.74, 6) is -1.09. The summed E-state index contributed by atoms with van der Waals surface area (Å²) in [6.45, 7) is 1.99. The molecule has 27 heavy (non-hydrogen) atoms. The topological polar surface area (TPSA) is 83.6 Å². The number of benzene rings is 2. The van der Waals surface area contributed by atoms with Gasteiger partial charge in [-0.3, -0.25) is 9.59 Å². The van der Waals surface area contributed by atoms with E-state index in [-0.39, 0.29) is 24.3 Å². The van der Waals surface area contributed by atoms with E-state index in [1.807, 2.05) is 6.92 Å². The average molecular weight is 407 g/mol. The molecule has 0 aromatic heterocycles. The number of sulfonamides is 1. The van der Waals surface area contributed by atoms with Gasteiger partial charge < -0.3 is 5.32 Å². The van der Waals surface area contributed by atoms with Crippen molar-refractivity contribution in [3.05, 3.63) is 64.7 Å². The molecule has 1 aliphatic heterocycles. The number of aryl methyl sites for hydroxylation is 1. The van der Waals surface area contributed by atoms with Crippen molar-refractivity contribution in [2.75, 3.05) is 0 Å². The van der Waals surface area contributed by atoms with Gasteiger partial charge >= 0.3 is 0 Å². The molecule has 2 aromatic rings. The van der Waals surface area contributed by atoms with Crippen LogP contribution in [0.2, 0.25) is 5.02 Å². The predicted octanol–water partition coefficient (Wildman–Crippen LogP) is 2.64. The maximum absolute atomic E-state index is 12.9. The molecule has 0 radical (unpaired) electrons. The molecule has 1 unspecified atom stereocenters. The molecule has 1 heterocycles. The summed E-state index contributed by atoms with van der Waals surface area (Å²) in [4.78, 5) is 24.8. The smallest absolute Gasteiger partial charge is 0.267 e. The number of hydrogen-bond acceptors (Lipinski definition) is 4. The van der Waals surface area contributed by atoms with Crippen LogP contribution in [0.3, 0.4) is 0 Å². The van der Waals surface area contributed by atoms with Gasteiger partial charge in [0.05, 0.1) is 4.90 Å². The summed E-state index contributed by atoms with van der Waals surface area (Å²) in [6.07, 6.45) is 0.160. The molecule has 2 amide bonds. The lowest BCUT2D eigenvalue weighted by atomic mass is 10.2. The molecule has 2 aromatic carbocycles. The Hall–Kier alpha value is -2.38. The summed E-state index contributed by atoms with van der Waals surface area (Å²) in [7, 11) is -4.09. The van der Waals surface area contributed by atoms with Gasteiger partial charge in [-0.2, -0.15) is 0 Å². The summed E-state index contributed by atoms with van der Waals surface area (Å²) in [6, 6.07) is 12.2. The highest BCUT2D eigenvalue weighted by Crippen LogP contribution is 2.27. The first-order valence-electron chi connectivity index (χ1n) is 8.46. The van der Waals surface area contributed by atoms with Gasteiger partial charge in [-0.25, -0.2) is 12.7 Å². The molecule has 1 fully saturated rings. The Morgan fingerprint density at radius 1 is 1.19 bits per heavy atom. The number of carbonyl (C=O) groups is 2. The monoisotopic (exact) mass is 406 g/mol. The Labute approximate surface area is 163 Å². The van der Waals surface area contributed by atoms with Crippen LogP contribution in [0, 0.1) is 6.92 Å². The number of rotatable bonds is 5. The summed E-state index contributed by atoms with van der Waals surface area (Å²) < 4.78 is 26.5. The van der Waals surface area contributed by atoms with Crippen molar-refractivity contribution >= 4 is 33.4 Å². The van der Waals surface area contributed by atoms with E-state index in [4.69, 9.17) is 11.6 Å². The zero-order chi connectivity index (χ0) is 19.6. The molecule has 3 rings (SSSR count). The summed E-state index contributed by atoms with van der Waals surface area (Å²) in [5.41, 5.74) is 1.61. The molecule has 8 heteroatoms. The van der Waals surface area contributed by atoms with E-state index in [0.29, 0.717) is 14.9 Å². The summed E-state index contributed by atoms with van der Waals surface area (Å²) in [5, 5.41) is 3.19. The third-order valence-corrected chi connectivity index (χ3v) is 6.66. The maximum Gasteiger partial charge on any atom is 0.267 e. The van der Waals surface area contributed by atoms with E-state index < -0.39 is 27.9 Å². The van der Waals surface area contributed by atoms with Gasteiger partial charge in [0.1, 0.15) is 6.04 Å². The second kappa shape index (κ2) is 7.70. The Morgan fingerprint density at radius 2 is 1.85 bits per heavy atom. The third-order valence-electron chi connectivity index (χ3n) is 4.45. The van der Waals surface area contributed by atoms with Crippen molar-refractivity contribution in [2.24, 2.45) is 0 Å². The van der Waals surface area contributed by atoms with E-state index in [1.54, 1.807) is 36.4 Å². The quantitative estimate of drug-likeness (QED) is 0.827. The van der Waals surface area contributed by atoms with Crippen LogP contribution in [0.4, 0.5) is 0 Å². The molecule has 0 spiro atoms. The first kappa shape index (κ1) is 19.4. The molecule has 0 saturated carbocycles. The number of nitrogens with zero attached hydrogens (tertiary/aromatic N) is 1. The number of carbonyl (C=O) groups excluding carboxylic acids is 2. The van der Waals surface area contributed by atoms with Crippen LogP contribution in [0.5, 0.6) is 0 Å². The maximum atomic E-state index is 12.9. The first-order valence-corrected chi connectivity index (χ1v) is 10.3. The zero-order valence-corrected chi connectivity index (χ0v) is 16.3. The fourth-order valence-electron chi connectivity index (χ4n) is 2.97. The average Bonchev–Trinajstić information content (AvgIpc) is 3.03. The van der Waals surface area contributed by atoms with Gasteiger partial charge in [-0.15, -0.1) is 0 Å². The van der Waals surface area contributed by atoms with Crippen LogP contribution >= 0.6 is 11.6 Å². The van der Waals surface area contributed by atoms with Crippen molar-refractivity contribution in [3.8, 4) is 0 Å². The minimum absolute atomic E-state index is 0.00717. The van der Waals surface area contributed by atoms with Crippen molar-refractivity contribution in [3.63, 3.8) is 0 Å². The standard InChI is InChI=1S/C19H19ClN2O4S/c1-13-6-8-15(9-7-13)27(25,26)22-17(10-11-18(22)23)19(24)21-12-14-4-2-3-5-16(14)20/h2-9,17H,10-12H2,1H3,(H,21,24). The Morgan fingerprint density at radius 3 is 2.52 bits per heavy atom. The molecular weight excluding hydrogens is 388 g/mol. The van der Waals surface area contributed by atoms with E-state index in [0.717, 1.165) is 5.56 Å². The molecule has 6 nitrogen and oxygen atoms in total. The van der Waals surface area contributed by atoms with Gasteiger partial charge in [0.25, 0.3) is 10.0 Å². The Bertz CT molecular complexity index is 973. The lowest BCUT2D eigenvalue weighted by Gasteiger charge is -2.24. The van der Waals surface area contributed by atoms with E-state index in [2.05, 4.69) is 5.32 Å². The van der Waals surface area contributed by atoms with Gasteiger partial charge in [0.2, 0.25) is 11.8 Å². The van der Waals surface area contributed by atoms with Gasteiger partial charge in [-0.1, -0.05) is 47.5 Å². The Balaban J connectivity index is 1.80. The lowest BCUT2D eigenvalue weighted by molar-refractivity contribution is -0.130. The first-order chi connectivity index (χ1) is 12.8. The van der Waals surface area contributed by atoms with E-state index in [9.17, 15) is 18.0 Å². The van der Waals surface area contributed by atoms with Crippen LogP contribution < -0.4 is 5.32 Å². The van der Waals surface area contributed by atoms with Crippen molar-refractivity contribution in [1.82, 2.24) is 9.62 Å². The molecule has 1 atom stereocenters. The summed E-state index contributed by atoms with van der Waals surface area (Å²) >= 11 is 6.07. The molecule has 0 bridgehead atoms. The predicted molar refractivity (Wildman–Crippen MR) is 102 cm³/mol. The lowest BCUT2D eigenvalue weighted by Crippen LogP contribution is -2.47. The van der Waals surface area contributed by atoms with Gasteiger partial charge in [0.15, 0.2) is 0 Å². The minimum atomic E-state index is -4.09. The van der Waals surface area contributed by atoms with Crippen molar-refractivity contribution < 1.29 is 18.0 Å². The fourth-order valence-corrected chi connectivity index (χ4v) is 4.77. The number of amides is 2. The van der Waals surface area contributed by atoms with Crippen molar-refractivity contribution in [2.45, 2.75) is 37.2 Å². The SMILES string of the molecule is Cc1ccc(S(=O)(=O)N2C(=O)CCC2C(=O)NCc2ccccc2Cl)cc1. The molecule has 1 saturated heterocycles. The third kappa shape index (κ3) is 3.99. The second-order valence-electron chi connectivity index (χ2n) is 6.37. The number of halogens is 1. The molecule has 0 aliphatic carbocycles. The molecular formula is C19H19ClN2O4S. The molecule has 1 N–H and O–H groups in total. The van der Waals surface area contributed by atoms with Crippen LogP contribution in [0.15, 0.2) is 53.4 Å².